The molecular weight excluding hydrogens is 330 g/mol. The normalized spacial score (nSPS) is 20.3. The summed E-state index contributed by atoms with van der Waals surface area (Å²) in [5.74, 6) is -1.08. The SMILES string of the molecule is O=C(O)c1cnn2ccc(N3C[C@@H](F)C[C@@H]3c3cccc(F)c3)nc12. The maximum absolute atomic E-state index is 14.1. The molecule has 0 spiro atoms. The van der Waals surface area contributed by atoms with Gasteiger partial charge < -0.3 is 10.0 Å². The van der Waals surface area contributed by atoms with Crippen molar-refractivity contribution in [1.82, 2.24) is 14.6 Å². The van der Waals surface area contributed by atoms with Gasteiger partial charge in [0.15, 0.2) is 5.65 Å². The fourth-order valence-corrected chi connectivity index (χ4v) is 3.24. The third kappa shape index (κ3) is 2.69. The highest BCUT2D eigenvalue weighted by Crippen LogP contribution is 2.37. The zero-order valence-electron chi connectivity index (χ0n) is 13.0. The fourth-order valence-electron chi connectivity index (χ4n) is 3.24. The van der Waals surface area contributed by atoms with Crippen LogP contribution in [0.2, 0.25) is 0 Å². The third-order valence-electron chi connectivity index (χ3n) is 4.36. The molecule has 6 nitrogen and oxygen atoms in total. The highest BCUT2D eigenvalue weighted by molar-refractivity contribution is 5.94. The topological polar surface area (TPSA) is 70.7 Å². The number of carbonyl (C=O) groups is 1. The number of anilines is 1. The monoisotopic (exact) mass is 344 g/mol. The van der Waals surface area contributed by atoms with Gasteiger partial charge in [0.05, 0.1) is 18.8 Å². The maximum atomic E-state index is 14.1. The Hall–Kier alpha value is -3.03. The molecular formula is C17H14F2N4O2. The molecule has 3 aromatic rings. The molecule has 2 atom stereocenters. The van der Waals surface area contributed by atoms with Gasteiger partial charge in [-0.25, -0.2) is 23.1 Å². The van der Waals surface area contributed by atoms with Crippen molar-refractivity contribution in [3.05, 3.63) is 59.7 Å². The smallest absolute Gasteiger partial charge is 0.341 e. The summed E-state index contributed by atoms with van der Waals surface area (Å²) in [4.78, 5) is 17.4. The van der Waals surface area contributed by atoms with Crippen LogP contribution in [-0.4, -0.2) is 38.4 Å². The molecule has 1 aliphatic rings. The van der Waals surface area contributed by atoms with Crippen molar-refractivity contribution in [2.45, 2.75) is 18.6 Å². The van der Waals surface area contributed by atoms with E-state index in [2.05, 4.69) is 10.1 Å². The minimum Gasteiger partial charge on any atom is -0.477 e. The van der Waals surface area contributed by atoms with Gasteiger partial charge in [-0.3, -0.25) is 0 Å². The molecule has 0 bridgehead atoms. The summed E-state index contributed by atoms with van der Waals surface area (Å²) in [6, 6.07) is 7.34. The first kappa shape index (κ1) is 15.5. The van der Waals surface area contributed by atoms with Gasteiger partial charge in [-0.05, 0) is 23.8 Å². The van der Waals surface area contributed by atoms with Crippen molar-refractivity contribution in [2.24, 2.45) is 0 Å². The molecule has 8 heteroatoms. The molecule has 1 saturated heterocycles. The number of carboxylic acid groups (broad SMARTS) is 1. The summed E-state index contributed by atoms with van der Waals surface area (Å²) in [6.07, 6.45) is 1.95. The Morgan fingerprint density at radius 3 is 2.92 bits per heavy atom. The van der Waals surface area contributed by atoms with Gasteiger partial charge in [0, 0.05) is 12.6 Å². The first-order valence-electron chi connectivity index (χ1n) is 7.77. The average molecular weight is 344 g/mol. The summed E-state index contributed by atoms with van der Waals surface area (Å²) in [5, 5.41) is 13.2. The summed E-state index contributed by atoms with van der Waals surface area (Å²) >= 11 is 0. The van der Waals surface area contributed by atoms with E-state index in [0.717, 1.165) is 0 Å². The van der Waals surface area contributed by atoms with Gasteiger partial charge in [-0.1, -0.05) is 12.1 Å². The Morgan fingerprint density at radius 2 is 2.16 bits per heavy atom. The molecule has 1 aromatic carbocycles. The van der Waals surface area contributed by atoms with Crippen LogP contribution in [0.25, 0.3) is 5.65 Å². The molecule has 128 valence electrons. The third-order valence-corrected chi connectivity index (χ3v) is 4.36. The lowest BCUT2D eigenvalue weighted by molar-refractivity contribution is 0.0698. The number of aromatic nitrogens is 3. The second-order valence-electron chi connectivity index (χ2n) is 5.97. The number of aromatic carboxylic acids is 1. The van der Waals surface area contributed by atoms with Crippen LogP contribution in [0.1, 0.15) is 28.4 Å². The summed E-state index contributed by atoms with van der Waals surface area (Å²) in [5.41, 5.74) is 0.819. The Labute approximate surface area is 141 Å². The summed E-state index contributed by atoms with van der Waals surface area (Å²) in [7, 11) is 0. The quantitative estimate of drug-likeness (QED) is 0.791. The molecule has 1 N–H and O–H groups in total. The zero-order valence-corrected chi connectivity index (χ0v) is 13.0. The van der Waals surface area contributed by atoms with Gasteiger partial charge in [-0.2, -0.15) is 5.10 Å². The van der Waals surface area contributed by atoms with Crippen molar-refractivity contribution in [2.75, 3.05) is 11.4 Å². The van der Waals surface area contributed by atoms with Gasteiger partial charge in [0.1, 0.15) is 23.4 Å². The Balaban J connectivity index is 1.77. The second kappa shape index (κ2) is 5.80. The van der Waals surface area contributed by atoms with Gasteiger partial charge in [0.25, 0.3) is 0 Å². The molecule has 4 rings (SSSR count). The highest BCUT2D eigenvalue weighted by Gasteiger charge is 2.34. The van der Waals surface area contributed by atoms with Crippen LogP contribution in [0.5, 0.6) is 0 Å². The number of carboxylic acids is 1. The van der Waals surface area contributed by atoms with Crippen molar-refractivity contribution < 1.29 is 18.7 Å². The number of hydrogen-bond donors (Lipinski definition) is 1. The molecule has 0 radical (unpaired) electrons. The Morgan fingerprint density at radius 1 is 1.32 bits per heavy atom. The number of fused-ring (bicyclic) bond motifs is 1. The average Bonchev–Trinajstić information content (AvgIpc) is 3.17. The van der Waals surface area contributed by atoms with E-state index in [-0.39, 0.29) is 36.0 Å². The van der Waals surface area contributed by atoms with Crippen LogP contribution in [0.3, 0.4) is 0 Å². The minimum absolute atomic E-state index is 0.0276. The van der Waals surface area contributed by atoms with Crippen molar-refractivity contribution in [1.29, 1.82) is 0 Å². The van der Waals surface area contributed by atoms with Crippen LogP contribution in [0.15, 0.2) is 42.7 Å². The minimum atomic E-state index is -1.13. The Kier molecular flexibility index (Phi) is 3.60. The molecule has 0 amide bonds. The number of rotatable bonds is 3. The lowest BCUT2D eigenvalue weighted by atomic mass is 10.0. The van der Waals surface area contributed by atoms with Crippen molar-refractivity contribution in [3.63, 3.8) is 0 Å². The molecule has 1 fully saturated rings. The van der Waals surface area contributed by atoms with Crippen molar-refractivity contribution >= 4 is 17.4 Å². The molecule has 25 heavy (non-hydrogen) atoms. The lowest BCUT2D eigenvalue weighted by Gasteiger charge is -2.25. The number of alkyl halides is 1. The van der Waals surface area contributed by atoms with E-state index < -0.39 is 12.1 Å². The van der Waals surface area contributed by atoms with Crippen LogP contribution < -0.4 is 4.90 Å². The van der Waals surface area contributed by atoms with Crippen LogP contribution in [0, 0.1) is 5.82 Å². The molecule has 0 aliphatic carbocycles. The van der Waals surface area contributed by atoms with E-state index in [4.69, 9.17) is 0 Å². The van der Waals surface area contributed by atoms with E-state index in [0.29, 0.717) is 11.4 Å². The first-order valence-corrected chi connectivity index (χ1v) is 7.77. The molecule has 1 aliphatic heterocycles. The molecule has 0 saturated carbocycles. The van der Waals surface area contributed by atoms with Gasteiger partial charge >= 0.3 is 5.97 Å². The van der Waals surface area contributed by atoms with Crippen molar-refractivity contribution in [3.8, 4) is 0 Å². The van der Waals surface area contributed by atoms with Crippen LogP contribution in [0.4, 0.5) is 14.6 Å². The number of halogens is 2. The zero-order chi connectivity index (χ0) is 17.6. The molecule has 0 unspecified atom stereocenters. The van der Waals surface area contributed by atoms with E-state index in [1.54, 1.807) is 29.3 Å². The standard InChI is InChI=1S/C17H14F2N4O2/c18-11-3-1-2-10(6-11)14-7-12(19)9-22(14)15-4-5-23-16(21-15)13(8-20-23)17(24)25/h1-6,8,12,14H,7,9H2,(H,24,25)/t12-,14+/m0/s1. The van der Waals surface area contributed by atoms with E-state index in [9.17, 15) is 18.7 Å². The largest absolute Gasteiger partial charge is 0.477 e. The lowest BCUT2D eigenvalue weighted by Crippen LogP contribution is -2.25. The first-order chi connectivity index (χ1) is 12.0. The number of nitrogens with zero attached hydrogens (tertiary/aromatic N) is 4. The molecule has 2 aromatic heterocycles. The summed E-state index contributed by atoms with van der Waals surface area (Å²) < 4.78 is 29.0. The maximum Gasteiger partial charge on any atom is 0.341 e. The van der Waals surface area contributed by atoms with Crippen LogP contribution >= 0.6 is 0 Å². The van der Waals surface area contributed by atoms with Crippen LogP contribution in [-0.2, 0) is 0 Å². The van der Waals surface area contributed by atoms with E-state index >= 15 is 0 Å². The number of benzene rings is 1. The highest BCUT2D eigenvalue weighted by atomic mass is 19.1. The fraction of sp³-hybridized carbons (Fsp3) is 0.235. The van der Waals surface area contributed by atoms with Gasteiger partial charge in [0.2, 0.25) is 0 Å². The number of hydrogen-bond acceptors (Lipinski definition) is 4. The predicted octanol–water partition coefficient (Wildman–Crippen LogP) is 2.86. The van der Waals surface area contributed by atoms with Gasteiger partial charge in [-0.15, -0.1) is 0 Å². The second-order valence-corrected chi connectivity index (χ2v) is 5.97. The summed E-state index contributed by atoms with van der Waals surface area (Å²) in [6.45, 7) is 0.112. The predicted molar refractivity (Wildman–Crippen MR) is 85.9 cm³/mol. The van der Waals surface area contributed by atoms with E-state index in [1.807, 2.05) is 0 Å². The van der Waals surface area contributed by atoms with E-state index in [1.165, 1.54) is 22.8 Å². The molecule has 3 heterocycles. The Bertz CT molecular complexity index is 959.